The Hall–Kier alpha value is -1.13. The molecule has 0 amide bonds. The Balaban J connectivity index is 1.82. The second kappa shape index (κ2) is 5.70. The first kappa shape index (κ1) is 13.8. The molecule has 0 bridgehead atoms. The van der Waals surface area contributed by atoms with Crippen LogP contribution in [0.15, 0.2) is 39.7 Å². The van der Waals surface area contributed by atoms with Gasteiger partial charge in [0.2, 0.25) is 0 Å². The molecule has 0 saturated carbocycles. The summed E-state index contributed by atoms with van der Waals surface area (Å²) in [5.74, 6) is 1.93. The van der Waals surface area contributed by atoms with Crippen molar-refractivity contribution in [3.8, 4) is 5.75 Å². The highest BCUT2D eigenvalue weighted by Crippen LogP contribution is 2.37. The minimum atomic E-state index is 0.788. The van der Waals surface area contributed by atoms with Gasteiger partial charge in [0.15, 0.2) is 0 Å². The number of nitrogen functional groups attached to an aromatic ring is 1. The van der Waals surface area contributed by atoms with Crippen molar-refractivity contribution in [1.29, 1.82) is 0 Å². The third-order valence-electron chi connectivity index (χ3n) is 3.37. The van der Waals surface area contributed by atoms with Crippen LogP contribution in [0.2, 0.25) is 0 Å². The monoisotopic (exact) mass is 349 g/mol. The molecule has 0 atom stereocenters. The van der Waals surface area contributed by atoms with Gasteiger partial charge in [-0.2, -0.15) is 0 Å². The van der Waals surface area contributed by atoms with Crippen molar-refractivity contribution in [3.63, 3.8) is 0 Å². The Labute approximate surface area is 131 Å². The van der Waals surface area contributed by atoms with Crippen molar-refractivity contribution >= 4 is 33.4 Å². The van der Waals surface area contributed by atoms with E-state index < -0.39 is 0 Å². The maximum atomic E-state index is 6.07. The summed E-state index contributed by atoms with van der Waals surface area (Å²) in [5.41, 5.74) is 10.6. The van der Waals surface area contributed by atoms with Gasteiger partial charge in [-0.15, -0.1) is 11.8 Å². The van der Waals surface area contributed by atoms with Crippen LogP contribution in [-0.4, -0.2) is 6.61 Å². The Morgan fingerprint density at radius 2 is 2.15 bits per heavy atom. The zero-order chi connectivity index (χ0) is 14.1. The Morgan fingerprint density at radius 1 is 1.30 bits per heavy atom. The fourth-order valence-corrected chi connectivity index (χ4v) is 3.88. The number of thioether (sulfide) groups is 1. The molecule has 0 unspecified atom stereocenters. The zero-order valence-corrected chi connectivity index (χ0v) is 13.7. The Kier molecular flexibility index (Phi) is 3.94. The normalized spacial score (nSPS) is 13.1. The molecule has 0 aliphatic carbocycles. The number of benzene rings is 2. The minimum Gasteiger partial charge on any atom is -0.493 e. The smallest absolute Gasteiger partial charge is 0.126 e. The number of fused-ring (bicyclic) bond motifs is 1. The number of aryl methyl sites for hydroxylation is 1. The van der Waals surface area contributed by atoms with Gasteiger partial charge in [0.25, 0.3) is 0 Å². The predicted octanol–water partition coefficient (Wildman–Crippen LogP) is 4.57. The molecule has 1 aliphatic heterocycles. The molecular formula is C16H16BrNOS. The first-order valence-electron chi connectivity index (χ1n) is 6.56. The molecule has 3 rings (SSSR count). The third-order valence-corrected chi connectivity index (χ3v) is 4.97. The van der Waals surface area contributed by atoms with E-state index in [0.29, 0.717) is 0 Å². The van der Waals surface area contributed by atoms with Gasteiger partial charge in [-0.25, -0.2) is 0 Å². The molecule has 1 heterocycles. The minimum absolute atomic E-state index is 0.788. The van der Waals surface area contributed by atoms with Crippen molar-refractivity contribution in [3.05, 3.63) is 51.5 Å². The lowest BCUT2D eigenvalue weighted by molar-refractivity contribution is 0.354. The molecule has 4 heteroatoms. The molecule has 2 N–H and O–H groups in total. The van der Waals surface area contributed by atoms with Crippen LogP contribution >= 0.6 is 27.7 Å². The summed E-state index contributed by atoms with van der Waals surface area (Å²) < 4.78 is 6.88. The van der Waals surface area contributed by atoms with Gasteiger partial charge < -0.3 is 10.5 Å². The second-order valence-corrected chi connectivity index (χ2v) is 6.91. The lowest BCUT2D eigenvalue weighted by atomic mass is 10.1. The van der Waals surface area contributed by atoms with Gasteiger partial charge in [0, 0.05) is 32.8 Å². The van der Waals surface area contributed by atoms with Crippen molar-refractivity contribution in [2.45, 2.75) is 24.0 Å². The molecule has 2 nitrogen and oxygen atoms in total. The maximum Gasteiger partial charge on any atom is 0.126 e. The highest BCUT2D eigenvalue weighted by Gasteiger charge is 2.17. The van der Waals surface area contributed by atoms with Crippen LogP contribution in [0, 0.1) is 6.92 Å². The van der Waals surface area contributed by atoms with Gasteiger partial charge in [-0.1, -0.05) is 22.0 Å². The van der Waals surface area contributed by atoms with Crippen LogP contribution < -0.4 is 10.5 Å². The van der Waals surface area contributed by atoms with Crippen LogP contribution in [0.25, 0.3) is 0 Å². The molecule has 0 radical (unpaired) electrons. The van der Waals surface area contributed by atoms with E-state index in [1.54, 1.807) is 11.8 Å². The number of nitrogens with two attached hydrogens (primary N) is 1. The zero-order valence-electron chi connectivity index (χ0n) is 11.3. The largest absolute Gasteiger partial charge is 0.493 e. The molecular weight excluding hydrogens is 334 g/mol. The van der Waals surface area contributed by atoms with Crippen molar-refractivity contribution in [2.75, 3.05) is 12.3 Å². The van der Waals surface area contributed by atoms with E-state index in [2.05, 4.69) is 47.1 Å². The average molecular weight is 350 g/mol. The highest BCUT2D eigenvalue weighted by molar-refractivity contribution is 9.10. The Bertz CT molecular complexity index is 657. The number of ether oxygens (including phenoxy) is 1. The van der Waals surface area contributed by atoms with E-state index in [-0.39, 0.29) is 0 Å². The van der Waals surface area contributed by atoms with Crippen LogP contribution in [0.1, 0.15) is 16.7 Å². The summed E-state index contributed by atoms with van der Waals surface area (Å²) >= 11 is 5.33. The first-order valence-corrected chi connectivity index (χ1v) is 8.34. The lowest BCUT2D eigenvalue weighted by Gasteiger charge is -2.10. The Morgan fingerprint density at radius 3 is 2.95 bits per heavy atom. The average Bonchev–Trinajstić information content (AvgIpc) is 2.85. The standard InChI is InChI=1S/C16H16BrNOS/c1-10-2-3-15(14(18)6-10)20-9-12-8-13(17)7-11-4-5-19-16(11)12/h2-3,6-8H,4-5,9,18H2,1H3. The van der Waals surface area contributed by atoms with E-state index in [0.717, 1.165) is 39.6 Å². The quantitative estimate of drug-likeness (QED) is 0.651. The van der Waals surface area contributed by atoms with Gasteiger partial charge in [0.1, 0.15) is 5.75 Å². The number of anilines is 1. The summed E-state index contributed by atoms with van der Waals surface area (Å²) in [6.45, 7) is 2.84. The summed E-state index contributed by atoms with van der Waals surface area (Å²) in [6.07, 6.45) is 0.999. The van der Waals surface area contributed by atoms with Gasteiger partial charge in [0.05, 0.1) is 6.61 Å². The first-order chi connectivity index (χ1) is 9.63. The number of hydrogen-bond donors (Lipinski definition) is 1. The van der Waals surface area contributed by atoms with Gasteiger partial charge in [-0.05, 0) is 42.3 Å². The fraction of sp³-hybridized carbons (Fsp3) is 0.250. The van der Waals surface area contributed by atoms with Crippen molar-refractivity contribution in [2.24, 2.45) is 0 Å². The summed E-state index contributed by atoms with van der Waals surface area (Å²) in [5, 5.41) is 0. The van der Waals surface area contributed by atoms with Crippen molar-refractivity contribution in [1.82, 2.24) is 0 Å². The second-order valence-electron chi connectivity index (χ2n) is 4.98. The number of hydrogen-bond acceptors (Lipinski definition) is 3. The maximum absolute atomic E-state index is 6.07. The van der Waals surface area contributed by atoms with Gasteiger partial charge in [-0.3, -0.25) is 0 Å². The fourth-order valence-electron chi connectivity index (χ4n) is 2.41. The summed E-state index contributed by atoms with van der Waals surface area (Å²) in [4.78, 5) is 1.13. The van der Waals surface area contributed by atoms with Crippen LogP contribution in [0.3, 0.4) is 0 Å². The van der Waals surface area contributed by atoms with Crippen molar-refractivity contribution < 1.29 is 4.74 Å². The van der Waals surface area contributed by atoms with Gasteiger partial charge >= 0.3 is 0 Å². The molecule has 1 aliphatic rings. The summed E-state index contributed by atoms with van der Waals surface area (Å²) in [6, 6.07) is 10.5. The van der Waals surface area contributed by atoms with Crippen LogP contribution in [-0.2, 0) is 12.2 Å². The molecule has 20 heavy (non-hydrogen) atoms. The molecule has 0 saturated heterocycles. The van der Waals surface area contributed by atoms with Crippen LogP contribution in [0.5, 0.6) is 5.75 Å². The van der Waals surface area contributed by atoms with E-state index in [9.17, 15) is 0 Å². The van der Waals surface area contributed by atoms with E-state index in [1.807, 2.05) is 6.07 Å². The van der Waals surface area contributed by atoms with Crippen LogP contribution in [0.4, 0.5) is 5.69 Å². The van der Waals surface area contributed by atoms with E-state index in [4.69, 9.17) is 10.5 Å². The molecule has 0 spiro atoms. The molecule has 104 valence electrons. The summed E-state index contributed by atoms with van der Waals surface area (Å²) in [7, 11) is 0. The highest BCUT2D eigenvalue weighted by atomic mass is 79.9. The topological polar surface area (TPSA) is 35.2 Å². The third kappa shape index (κ3) is 2.81. The predicted molar refractivity (Wildman–Crippen MR) is 88.5 cm³/mol. The number of halogens is 1. The molecule has 2 aromatic rings. The molecule has 0 fully saturated rings. The number of rotatable bonds is 3. The molecule has 2 aromatic carbocycles. The molecule has 0 aromatic heterocycles. The SMILES string of the molecule is Cc1ccc(SCc2cc(Br)cc3c2OCC3)c(N)c1. The van der Waals surface area contributed by atoms with E-state index >= 15 is 0 Å². The van der Waals surface area contributed by atoms with E-state index in [1.165, 1.54) is 16.7 Å². The lowest BCUT2D eigenvalue weighted by Crippen LogP contribution is -1.93.